The minimum atomic E-state index is -0.0675. The number of H-pyrrole nitrogens is 1. The number of hydrogen-bond acceptors (Lipinski definition) is 4. The fourth-order valence-corrected chi connectivity index (χ4v) is 3.50. The third kappa shape index (κ3) is 2.87. The maximum Gasteiger partial charge on any atom is 0.350 e. The Morgan fingerprint density at radius 3 is 3.04 bits per heavy atom. The molecule has 4 rings (SSSR count). The lowest BCUT2D eigenvalue weighted by atomic mass is 9.95. The van der Waals surface area contributed by atoms with Gasteiger partial charge in [-0.15, -0.1) is 5.10 Å². The number of likely N-dealkylation sites (tertiary alicyclic amines) is 1. The van der Waals surface area contributed by atoms with E-state index in [4.69, 9.17) is 0 Å². The summed E-state index contributed by atoms with van der Waals surface area (Å²) in [6.45, 7) is 5.55. The largest absolute Gasteiger partial charge is 0.350 e. The van der Waals surface area contributed by atoms with Gasteiger partial charge in [-0.2, -0.15) is 5.10 Å². The molecule has 0 bridgehead atoms. The first-order chi connectivity index (χ1) is 11.7. The number of hydrogen-bond donors (Lipinski definition) is 1. The second-order valence-corrected chi connectivity index (χ2v) is 6.55. The van der Waals surface area contributed by atoms with E-state index in [0.717, 1.165) is 37.4 Å². The molecule has 0 aromatic carbocycles. The van der Waals surface area contributed by atoms with Gasteiger partial charge >= 0.3 is 5.69 Å². The fourth-order valence-electron chi connectivity index (χ4n) is 3.50. The van der Waals surface area contributed by atoms with E-state index in [0.29, 0.717) is 18.1 Å². The molecule has 0 radical (unpaired) electrons. The highest BCUT2D eigenvalue weighted by atomic mass is 16.2. The Balaban J connectivity index is 1.43. The number of aromatic nitrogens is 5. The maximum atomic E-state index is 12.3. The zero-order valence-electron chi connectivity index (χ0n) is 13.9. The van der Waals surface area contributed by atoms with Crippen molar-refractivity contribution >= 4 is 5.65 Å². The molecule has 1 aliphatic rings. The first-order valence-corrected chi connectivity index (χ1v) is 8.49. The molecule has 0 spiro atoms. The van der Waals surface area contributed by atoms with Crippen molar-refractivity contribution in [1.29, 1.82) is 0 Å². The summed E-state index contributed by atoms with van der Waals surface area (Å²) in [5, 5.41) is 11.8. The third-order valence-corrected chi connectivity index (χ3v) is 4.77. The lowest BCUT2D eigenvalue weighted by molar-refractivity contribution is 0.196. The van der Waals surface area contributed by atoms with Gasteiger partial charge in [0.2, 0.25) is 0 Å². The number of fused-ring (bicyclic) bond motifs is 1. The lowest BCUT2D eigenvalue weighted by Gasteiger charge is -2.31. The first-order valence-electron chi connectivity index (χ1n) is 8.49. The number of rotatable bonds is 4. The SMILES string of the molecule is Cc1cc([C@@H]2CCCN(CCn3nc4ccccn4c3=O)C2)n[nH]1. The third-order valence-electron chi connectivity index (χ3n) is 4.77. The lowest BCUT2D eigenvalue weighted by Crippen LogP contribution is -2.38. The number of aromatic amines is 1. The van der Waals surface area contributed by atoms with Crippen LogP contribution in [0.15, 0.2) is 35.3 Å². The Hall–Kier alpha value is -2.41. The Bertz CT molecular complexity index is 892. The molecule has 1 atom stereocenters. The van der Waals surface area contributed by atoms with E-state index in [1.54, 1.807) is 15.3 Å². The predicted octanol–water partition coefficient (Wildman–Crippen LogP) is 1.41. The molecule has 0 amide bonds. The van der Waals surface area contributed by atoms with Gasteiger partial charge in [-0.1, -0.05) is 6.07 Å². The highest BCUT2D eigenvalue weighted by molar-refractivity contribution is 5.35. The summed E-state index contributed by atoms with van der Waals surface area (Å²) >= 11 is 0. The molecular weight excluding hydrogens is 304 g/mol. The van der Waals surface area contributed by atoms with Gasteiger partial charge in [0.05, 0.1) is 12.2 Å². The van der Waals surface area contributed by atoms with Crippen molar-refractivity contribution in [3.8, 4) is 0 Å². The van der Waals surface area contributed by atoms with Crippen molar-refractivity contribution in [3.05, 3.63) is 52.3 Å². The van der Waals surface area contributed by atoms with Crippen molar-refractivity contribution in [2.45, 2.75) is 32.2 Å². The van der Waals surface area contributed by atoms with Crippen LogP contribution in [0.5, 0.6) is 0 Å². The normalized spacial score (nSPS) is 19.1. The Labute approximate surface area is 139 Å². The van der Waals surface area contributed by atoms with Crippen LogP contribution in [0.1, 0.15) is 30.1 Å². The molecule has 1 fully saturated rings. The summed E-state index contributed by atoms with van der Waals surface area (Å²) < 4.78 is 3.16. The summed E-state index contributed by atoms with van der Waals surface area (Å²) in [5.41, 5.74) is 2.90. The molecule has 0 saturated carbocycles. The standard InChI is InChI=1S/C17H22N6O/c1-13-11-15(19-18-13)14-5-4-7-21(12-14)9-10-23-17(24)22-8-3-2-6-16(22)20-23/h2-3,6,8,11,14H,4-5,7,9-10,12H2,1H3,(H,18,19)/t14-/m1/s1. The zero-order valence-corrected chi connectivity index (χ0v) is 13.9. The van der Waals surface area contributed by atoms with Gasteiger partial charge in [0, 0.05) is 30.9 Å². The van der Waals surface area contributed by atoms with E-state index in [-0.39, 0.29) is 5.69 Å². The van der Waals surface area contributed by atoms with E-state index in [1.165, 1.54) is 6.42 Å². The van der Waals surface area contributed by atoms with Gasteiger partial charge in [-0.25, -0.2) is 9.48 Å². The average molecular weight is 326 g/mol. The summed E-state index contributed by atoms with van der Waals surface area (Å²) in [5.74, 6) is 0.474. The molecule has 3 aromatic heterocycles. The minimum Gasteiger partial charge on any atom is -0.301 e. The van der Waals surface area contributed by atoms with Crippen molar-refractivity contribution in [3.63, 3.8) is 0 Å². The molecule has 3 aromatic rings. The second-order valence-electron chi connectivity index (χ2n) is 6.55. The molecular formula is C17H22N6O. The molecule has 0 unspecified atom stereocenters. The van der Waals surface area contributed by atoms with E-state index in [1.807, 2.05) is 25.1 Å². The van der Waals surface area contributed by atoms with Gasteiger partial charge in [0.25, 0.3) is 0 Å². The molecule has 24 heavy (non-hydrogen) atoms. The molecule has 126 valence electrons. The summed E-state index contributed by atoms with van der Waals surface area (Å²) in [6, 6.07) is 7.74. The van der Waals surface area contributed by atoms with Crippen LogP contribution in [0.2, 0.25) is 0 Å². The number of pyridine rings is 1. The highest BCUT2D eigenvalue weighted by Crippen LogP contribution is 2.25. The van der Waals surface area contributed by atoms with E-state index < -0.39 is 0 Å². The molecule has 4 heterocycles. The second kappa shape index (κ2) is 6.24. The topological polar surface area (TPSA) is 71.2 Å². The van der Waals surface area contributed by atoms with E-state index in [9.17, 15) is 4.79 Å². The summed E-state index contributed by atoms with van der Waals surface area (Å²) in [7, 11) is 0. The monoisotopic (exact) mass is 326 g/mol. The molecule has 0 aliphatic carbocycles. The smallest absolute Gasteiger partial charge is 0.301 e. The molecule has 1 saturated heterocycles. The Kier molecular flexibility index (Phi) is 3.93. The predicted molar refractivity (Wildman–Crippen MR) is 91.2 cm³/mol. The van der Waals surface area contributed by atoms with Crippen molar-refractivity contribution in [2.24, 2.45) is 0 Å². The van der Waals surface area contributed by atoms with Crippen LogP contribution >= 0.6 is 0 Å². The maximum absolute atomic E-state index is 12.3. The average Bonchev–Trinajstić information content (AvgIpc) is 3.18. The quantitative estimate of drug-likeness (QED) is 0.787. The van der Waals surface area contributed by atoms with Crippen LogP contribution in [-0.4, -0.2) is 48.9 Å². The molecule has 7 heteroatoms. The van der Waals surface area contributed by atoms with Crippen LogP contribution in [0.25, 0.3) is 5.65 Å². The van der Waals surface area contributed by atoms with Crippen LogP contribution in [-0.2, 0) is 6.54 Å². The Morgan fingerprint density at radius 1 is 1.33 bits per heavy atom. The van der Waals surface area contributed by atoms with Crippen LogP contribution in [0.4, 0.5) is 0 Å². The zero-order chi connectivity index (χ0) is 16.5. The summed E-state index contributed by atoms with van der Waals surface area (Å²) in [6.07, 6.45) is 4.10. The van der Waals surface area contributed by atoms with Gasteiger partial charge in [0.15, 0.2) is 5.65 Å². The van der Waals surface area contributed by atoms with Crippen LogP contribution < -0.4 is 5.69 Å². The van der Waals surface area contributed by atoms with Crippen molar-refractivity contribution < 1.29 is 0 Å². The van der Waals surface area contributed by atoms with Gasteiger partial charge in [-0.3, -0.25) is 9.50 Å². The summed E-state index contributed by atoms with van der Waals surface area (Å²) in [4.78, 5) is 14.7. The van der Waals surface area contributed by atoms with E-state index >= 15 is 0 Å². The number of aryl methyl sites for hydroxylation is 1. The number of piperidine rings is 1. The number of nitrogens with one attached hydrogen (secondary N) is 1. The van der Waals surface area contributed by atoms with Gasteiger partial charge in [-0.05, 0) is 44.5 Å². The van der Waals surface area contributed by atoms with Gasteiger partial charge < -0.3 is 4.90 Å². The molecule has 1 N–H and O–H groups in total. The molecule has 1 aliphatic heterocycles. The molecule has 7 nitrogen and oxygen atoms in total. The fraction of sp³-hybridized carbons (Fsp3) is 0.471. The highest BCUT2D eigenvalue weighted by Gasteiger charge is 2.23. The first kappa shape index (κ1) is 15.1. The van der Waals surface area contributed by atoms with Crippen molar-refractivity contribution in [1.82, 2.24) is 29.3 Å². The van der Waals surface area contributed by atoms with Crippen LogP contribution in [0.3, 0.4) is 0 Å². The van der Waals surface area contributed by atoms with Crippen LogP contribution in [0, 0.1) is 6.92 Å². The minimum absolute atomic E-state index is 0.0675. The Morgan fingerprint density at radius 2 is 2.25 bits per heavy atom. The number of nitrogens with zero attached hydrogens (tertiary/aromatic N) is 5. The van der Waals surface area contributed by atoms with Gasteiger partial charge in [0.1, 0.15) is 0 Å². The van der Waals surface area contributed by atoms with Crippen molar-refractivity contribution in [2.75, 3.05) is 19.6 Å². The van der Waals surface area contributed by atoms with E-state index in [2.05, 4.69) is 26.3 Å².